The van der Waals surface area contributed by atoms with E-state index in [1.807, 2.05) is 11.4 Å². The van der Waals surface area contributed by atoms with Gasteiger partial charge in [0.25, 0.3) is 5.56 Å². The Morgan fingerprint density at radius 2 is 1.96 bits per heavy atom. The minimum absolute atomic E-state index is 0.213. The molecule has 0 saturated carbocycles. The smallest absolute Gasteiger partial charge is 0.258 e. The monoisotopic (exact) mass is 386 g/mol. The zero-order valence-corrected chi connectivity index (χ0v) is 15.6. The fourth-order valence-corrected chi connectivity index (χ4v) is 4.25. The molecule has 0 radical (unpaired) electrons. The van der Waals surface area contributed by atoms with E-state index in [9.17, 15) is 4.79 Å². The summed E-state index contributed by atoms with van der Waals surface area (Å²) in [5, 5.41) is 4.32. The average Bonchev–Trinajstić information content (AvgIpc) is 3.14. The van der Waals surface area contributed by atoms with E-state index < -0.39 is 0 Å². The number of ether oxygens (including phenoxy) is 2. The Morgan fingerprint density at radius 3 is 2.77 bits per heavy atom. The van der Waals surface area contributed by atoms with Crippen molar-refractivity contribution in [2.45, 2.75) is 10.8 Å². The van der Waals surface area contributed by atoms with Crippen LogP contribution >= 0.6 is 23.1 Å². The van der Waals surface area contributed by atoms with Gasteiger partial charge in [0.15, 0.2) is 11.5 Å². The minimum Gasteiger partial charge on any atom is -0.493 e. The lowest BCUT2D eigenvalue weighted by molar-refractivity contribution is 0.355. The van der Waals surface area contributed by atoms with Crippen molar-refractivity contribution >= 4 is 44.2 Å². The number of hydrogen-bond acceptors (Lipinski definition) is 8. The highest BCUT2D eigenvalue weighted by atomic mass is 32.2. The SMILES string of the molecule is COc1cc2nc(CSc3ncnc4sccc34)[nH]c(=O)c2cc1OC. The van der Waals surface area contributed by atoms with Gasteiger partial charge in [0.1, 0.15) is 22.0 Å². The van der Waals surface area contributed by atoms with E-state index in [2.05, 4.69) is 19.9 Å². The summed E-state index contributed by atoms with van der Waals surface area (Å²) in [5.41, 5.74) is 0.347. The van der Waals surface area contributed by atoms with Crippen molar-refractivity contribution < 1.29 is 9.47 Å². The number of H-pyrrole nitrogens is 1. The highest BCUT2D eigenvalue weighted by Gasteiger charge is 2.12. The van der Waals surface area contributed by atoms with Crippen LogP contribution in [0.2, 0.25) is 0 Å². The highest BCUT2D eigenvalue weighted by Crippen LogP contribution is 2.31. The first-order valence-corrected chi connectivity index (χ1v) is 9.52. The van der Waals surface area contributed by atoms with Gasteiger partial charge in [-0.1, -0.05) is 11.8 Å². The molecule has 0 unspecified atom stereocenters. The molecule has 9 heteroatoms. The summed E-state index contributed by atoms with van der Waals surface area (Å²) in [6.45, 7) is 0. The Morgan fingerprint density at radius 1 is 1.15 bits per heavy atom. The van der Waals surface area contributed by atoms with E-state index >= 15 is 0 Å². The molecular formula is C17H14N4O3S2. The normalized spacial score (nSPS) is 11.2. The molecule has 4 aromatic rings. The second kappa shape index (κ2) is 6.93. The van der Waals surface area contributed by atoms with Gasteiger partial charge in [-0.25, -0.2) is 15.0 Å². The van der Waals surface area contributed by atoms with Crippen LogP contribution in [0.5, 0.6) is 11.5 Å². The van der Waals surface area contributed by atoms with Crippen molar-refractivity contribution in [1.82, 2.24) is 19.9 Å². The van der Waals surface area contributed by atoms with Crippen molar-refractivity contribution in [2.24, 2.45) is 0 Å². The van der Waals surface area contributed by atoms with Gasteiger partial charge in [-0.3, -0.25) is 4.79 Å². The number of fused-ring (bicyclic) bond motifs is 2. The van der Waals surface area contributed by atoms with E-state index in [4.69, 9.17) is 9.47 Å². The predicted octanol–water partition coefficient (Wildman–Crippen LogP) is 3.24. The van der Waals surface area contributed by atoms with Crippen molar-refractivity contribution in [2.75, 3.05) is 14.2 Å². The summed E-state index contributed by atoms with van der Waals surface area (Å²) < 4.78 is 10.5. The third kappa shape index (κ3) is 2.99. The number of nitrogens with one attached hydrogen (secondary N) is 1. The van der Waals surface area contributed by atoms with Gasteiger partial charge in [0.05, 0.1) is 30.9 Å². The fraction of sp³-hybridized carbons (Fsp3) is 0.176. The second-order valence-electron chi connectivity index (χ2n) is 5.34. The number of methoxy groups -OCH3 is 2. The summed E-state index contributed by atoms with van der Waals surface area (Å²) in [7, 11) is 3.08. The third-order valence-electron chi connectivity index (χ3n) is 3.83. The van der Waals surface area contributed by atoms with Crippen LogP contribution in [0.3, 0.4) is 0 Å². The number of aromatic nitrogens is 4. The van der Waals surface area contributed by atoms with Crippen molar-refractivity contribution in [3.8, 4) is 11.5 Å². The molecular weight excluding hydrogens is 372 g/mol. The molecule has 4 rings (SSSR count). The number of rotatable bonds is 5. The Bertz CT molecular complexity index is 1160. The number of aromatic amines is 1. The number of thioether (sulfide) groups is 1. The highest BCUT2D eigenvalue weighted by molar-refractivity contribution is 7.98. The van der Waals surface area contributed by atoms with Gasteiger partial charge in [-0.15, -0.1) is 11.3 Å². The minimum atomic E-state index is -0.213. The first-order valence-electron chi connectivity index (χ1n) is 7.65. The lowest BCUT2D eigenvalue weighted by Crippen LogP contribution is -2.11. The van der Waals surface area contributed by atoms with Gasteiger partial charge in [-0.05, 0) is 17.5 Å². The zero-order valence-electron chi connectivity index (χ0n) is 14.0. The molecule has 0 saturated heterocycles. The molecule has 0 aliphatic rings. The van der Waals surface area contributed by atoms with E-state index in [-0.39, 0.29) is 5.56 Å². The number of thiophene rings is 1. The van der Waals surface area contributed by atoms with Gasteiger partial charge in [0.2, 0.25) is 0 Å². The molecule has 132 valence electrons. The van der Waals surface area contributed by atoms with E-state index in [0.717, 1.165) is 15.2 Å². The van der Waals surface area contributed by atoms with Crippen molar-refractivity contribution in [1.29, 1.82) is 0 Å². The van der Waals surface area contributed by atoms with Crippen molar-refractivity contribution in [3.05, 3.63) is 46.1 Å². The molecule has 3 heterocycles. The van der Waals surface area contributed by atoms with Gasteiger partial charge < -0.3 is 14.5 Å². The molecule has 0 aliphatic carbocycles. The summed E-state index contributed by atoms with van der Waals surface area (Å²) in [6, 6.07) is 5.34. The summed E-state index contributed by atoms with van der Waals surface area (Å²) >= 11 is 3.08. The quantitative estimate of drug-likeness (QED) is 0.416. The van der Waals surface area contributed by atoms with Crippen LogP contribution in [-0.2, 0) is 5.75 Å². The second-order valence-corrected chi connectivity index (χ2v) is 7.20. The lowest BCUT2D eigenvalue weighted by atomic mass is 10.2. The van der Waals surface area contributed by atoms with Gasteiger partial charge >= 0.3 is 0 Å². The van der Waals surface area contributed by atoms with Crippen LogP contribution in [0, 0.1) is 0 Å². The topological polar surface area (TPSA) is 90.0 Å². The molecule has 1 N–H and O–H groups in total. The Labute approximate surface area is 156 Å². The molecule has 7 nitrogen and oxygen atoms in total. The van der Waals surface area contributed by atoms with Crippen LogP contribution < -0.4 is 15.0 Å². The van der Waals surface area contributed by atoms with Crippen LogP contribution in [0.4, 0.5) is 0 Å². The molecule has 0 amide bonds. The number of hydrogen-bond donors (Lipinski definition) is 1. The van der Waals surface area contributed by atoms with Crippen LogP contribution in [0.25, 0.3) is 21.1 Å². The summed E-state index contributed by atoms with van der Waals surface area (Å²) in [5.74, 6) is 2.09. The average molecular weight is 386 g/mol. The first-order chi connectivity index (χ1) is 12.7. The van der Waals surface area contributed by atoms with Crippen molar-refractivity contribution in [3.63, 3.8) is 0 Å². The summed E-state index contributed by atoms with van der Waals surface area (Å²) in [4.78, 5) is 29.3. The van der Waals surface area contributed by atoms with Crippen LogP contribution in [-0.4, -0.2) is 34.2 Å². The molecule has 0 bridgehead atoms. The van der Waals surface area contributed by atoms with Gasteiger partial charge in [0, 0.05) is 11.5 Å². The number of benzene rings is 1. The maximum atomic E-state index is 12.4. The first kappa shape index (κ1) is 16.8. The van der Waals surface area contributed by atoms with E-state index in [1.54, 1.807) is 36.9 Å². The Hall–Kier alpha value is -2.65. The van der Waals surface area contributed by atoms with E-state index in [1.165, 1.54) is 18.9 Å². The van der Waals surface area contributed by atoms with Gasteiger partial charge in [-0.2, -0.15) is 0 Å². The predicted molar refractivity (Wildman–Crippen MR) is 102 cm³/mol. The molecule has 1 aromatic carbocycles. The van der Waals surface area contributed by atoms with E-state index in [0.29, 0.717) is 34.0 Å². The molecule has 3 aromatic heterocycles. The standard InChI is InChI=1S/C17H14N4O3S2/c1-23-12-5-10-11(6-13(12)24-2)20-14(21-15(10)22)7-26-17-9-3-4-25-16(9)18-8-19-17/h3-6,8H,7H2,1-2H3,(H,20,21,22). The molecule has 0 fully saturated rings. The molecule has 0 aliphatic heterocycles. The van der Waals surface area contributed by atoms with Crippen LogP contribution in [0.15, 0.2) is 39.7 Å². The summed E-state index contributed by atoms with van der Waals surface area (Å²) in [6.07, 6.45) is 1.55. The molecule has 26 heavy (non-hydrogen) atoms. The fourth-order valence-electron chi connectivity index (χ4n) is 2.60. The maximum absolute atomic E-state index is 12.4. The molecule has 0 spiro atoms. The zero-order chi connectivity index (χ0) is 18.1. The lowest BCUT2D eigenvalue weighted by Gasteiger charge is -2.09. The third-order valence-corrected chi connectivity index (χ3v) is 5.67. The Kier molecular flexibility index (Phi) is 4.48. The van der Waals surface area contributed by atoms with Crippen LogP contribution in [0.1, 0.15) is 5.82 Å². The Balaban J connectivity index is 1.68. The maximum Gasteiger partial charge on any atom is 0.258 e. The molecule has 0 atom stereocenters. The number of nitrogens with zero attached hydrogens (tertiary/aromatic N) is 3. The largest absolute Gasteiger partial charge is 0.493 e.